The Morgan fingerprint density at radius 1 is 0.950 bits per heavy atom. The number of rotatable bonds is 5. The minimum Gasteiger partial charge on any atom is -0.480 e. The standard InChI is InChI=1S/C31H27Cl2N3O4/c1-31(2,3)40-30(38)36-15-19-9-8-18(14-21(19)16-36)28-27(33)23(12-13-34-28)22-6-5-7-24(26(22)32)25-11-10-20(17-37)29(35-25)39-4/h5-14,17H,15-16H2,1-4H3. The number of carbonyl (C=O) groups is 2. The van der Waals surface area contributed by atoms with Crippen LogP contribution in [0.1, 0.15) is 42.3 Å². The molecule has 0 saturated carbocycles. The van der Waals surface area contributed by atoms with Gasteiger partial charge in [-0.1, -0.05) is 53.5 Å². The number of pyridine rings is 2. The maximum absolute atomic E-state index is 12.6. The number of amides is 1. The number of benzene rings is 2. The van der Waals surface area contributed by atoms with Crippen molar-refractivity contribution in [2.75, 3.05) is 7.11 Å². The highest BCUT2D eigenvalue weighted by Gasteiger charge is 2.28. The maximum atomic E-state index is 12.6. The molecular formula is C31H27Cl2N3O4. The molecule has 0 unspecified atom stereocenters. The third-order valence-corrected chi connectivity index (χ3v) is 7.31. The largest absolute Gasteiger partial charge is 0.480 e. The number of aldehydes is 1. The van der Waals surface area contributed by atoms with E-state index in [-0.39, 0.29) is 12.0 Å². The van der Waals surface area contributed by atoms with E-state index in [0.29, 0.717) is 63.1 Å². The van der Waals surface area contributed by atoms with Crippen LogP contribution < -0.4 is 4.74 Å². The molecular weight excluding hydrogens is 549 g/mol. The molecule has 5 rings (SSSR count). The fourth-order valence-corrected chi connectivity index (χ4v) is 5.29. The molecule has 0 atom stereocenters. The number of hydrogen-bond acceptors (Lipinski definition) is 6. The first kappa shape index (κ1) is 27.6. The Labute approximate surface area is 242 Å². The van der Waals surface area contributed by atoms with Crippen molar-refractivity contribution in [3.05, 3.63) is 87.5 Å². The number of aromatic nitrogens is 2. The first-order valence-electron chi connectivity index (χ1n) is 12.6. The van der Waals surface area contributed by atoms with Crippen molar-refractivity contribution in [3.63, 3.8) is 0 Å². The van der Waals surface area contributed by atoms with Crippen LogP contribution in [-0.2, 0) is 17.8 Å². The number of ether oxygens (including phenoxy) is 2. The number of methoxy groups -OCH3 is 1. The number of halogens is 2. The number of nitrogens with zero attached hydrogens (tertiary/aromatic N) is 3. The summed E-state index contributed by atoms with van der Waals surface area (Å²) in [5.41, 5.74) is 5.96. The minimum absolute atomic E-state index is 0.222. The van der Waals surface area contributed by atoms with E-state index in [1.54, 1.807) is 23.2 Å². The fourth-order valence-electron chi connectivity index (χ4n) is 4.64. The zero-order chi connectivity index (χ0) is 28.6. The summed E-state index contributed by atoms with van der Waals surface area (Å²) in [5.74, 6) is 0.222. The third kappa shape index (κ3) is 5.40. The monoisotopic (exact) mass is 575 g/mol. The van der Waals surface area contributed by atoms with E-state index >= 15 is 0 Å². The van der Waals surface area contributed by atoms with Gasteiger partial charge in [-0.15, -0.1) is 0 Å². The van der Waals surface area contributed by atoms with Crippen LogP contribution in [-0.4, -0.2) is 40.0 Å². The predicted molar refractivity (Wildman–Crippen MR) is 156 cm³/mol. The molecule has 1 amide bonds. The second-order valence-electron chi connectivity index (χ2n) is 10.4. The molecule has 40 heavy (non-hydrogen) atoms. The summed E-state index contributed by atoms with van der Waals surface area (Å²) in [6.07, 6.45) is 2.05. The Hall–Kier alpha value is -3.94. The average molecular weight is 576 g/mol. The zero-order valence-corrected chi connectivity index (χ0v) is 24.0. The first-order valence-corrected chi connectivity index (χ1v) is 13.4. The normalized spacial score (nSPS) is 12.7. The van der Waals surface area contributed by atoms with Gasteiger partial charge in [0.2, 0.25) is 5.88 Å². The first-order chi connectivity index (χ1) is 19.1. The van der Waals surface area contributed by atoms with Crippen molar-refractivity contribution in [1.82, 2.24) is 14.9 Å². The van der Waals surface area contributed by atoms with Crippen molar-refractivity contribution < 1.29 is 19.1 Å². The lowest BCUT2D eigenvalue weighted by Gasteiger charge is -2.24. The van der Waals surface area contributed by atoms with Gasteiger partial charge >= 0.3 is 6.09 Å². The van der Waals surface area contributed by atoms with Crippen LogP contribution in [0, 0.1) is 0 Å². The van der Waals surface area contributed by atoms with Gasteiger partial charge in [0.25, 0.3) is 0 Å². The topological polar surface area (TPSA) is 81.6 Å². The Morgan fingerprint density at radius 2 is 1.68 bits per heavy atom. The van der Waals surface area contributed by atoms with Crippen LogP contribution in [0.4, 0.5) is 4.79 Å². The summed E-state index contributed by atoms with van der Waals surface area (Å²) in [7, 11) is 1.46. The van der Waals surface area contributed by atoms with Crippen molar-refractivity contribution in [2.24, 2.45) is 0 Å². The van der Waals surface area contributed by atoms with Gasteiger partial charge in [0.15, 0.2) is 6.29 Å². The predicted octanol–water partition coefficient (Wildman–Crippen LogP) is 7.86. The highest BCUT2D eigenvalue weighted by Crippen LogP contribution is 2.42. The lowest BCUT2D eigenvalue weighted by atomic mass is 9.98. The van der Waals surface area contributed by atoms with Crippen LogP contribution in [0.3, 0.4) is 0 Å². The lowest BCUT2D eigenvalue weighted by Crippen LogP contribution is -2.33. The second kappa shape index (κ2) is 10.9. The molecule has 0 radical (unpaired) electrons. The molecule has 204 valence electrons. The van der Waals surface area contributed by atoms with Crippen molar-refractivity contribution in [3.8, 4) is 39.5 Å². The van der Waals surface area contributed by atoms with Crippen LogP contribution >= 0.6 is 23.2 Å². The van der Waals surface area contributed by atoms with E-state index in [1.165, 1.54) is 7.11 Å². The molecule has 0 aliphatic carbocycles. The SMILES string of the molecule is COc1nc(-c2cccc(-c3ccnc(-c4ccc5c(c4)CN(C(=O)OC(C)(C)C)C5)c3Cl)c2Cl)ccc1C=O. The van der Waals surface area contributed by atoms with Gasteiger partial charge in [0.05, 0.1) is 34.1 Å². The molecule has 3 heterocycles. The summed E-state index contributed by atoms with van der Waals surface area (Å²) in [6, 6.07) is 16.8. The molecule has 0 bridgehead atoms. The van der Waals surface area contributed by atoms with E-state index in [0.717, 1.165) is 16.7 Å². The van der Waals surface area contributed by atoms with E-state index in [2.05, 4.69) is 9.97 Å². The molecule has 0 fully saturated rings. The molecule has 9 heteroatoms. The molecule has 2 aromatic carbocycles. The van der Waals surface area contributed by atoms with Crippen molar-refractivity contribution >= 4 is 35.6 Å². The molecule has 1 aliphatic rings. The summed E-state index contributed by atoms with van der Waals surface area (Å²) in [5, 5.41) is 0.905. The maximum Gasteiger partial charge on any atom is 0.410 e. The molecule has 0 saturated heterocycles. The van der Waals surface area contributed by atoms with Crippen LogP contribution in [0.5, 0.6) is 5.88 Å². The summed E-state index contributed by atoms with van der Waals surface area (Å²) in [4.78, 5) is 34.6. The van der Waals surface area contributed by atoms with E-state index in [4.69, 9.17) is 32.7 Å². The van der Waals surface area contributed by atoms with Crippen LogP contribution in [0.2, 0.25) is 10.0 Å². The van der Waals surface area contributed by atoms with Gasteiger partial charge < -0.3 is 9.47 Å². The van der Waals surface area contributed by atoms with E-state index in [9.17, 15) is 9.59 Å². The van der Waals surface area contributed by atoms with Crippen LogP contribution in [0.25, 0.3) is 33.6 Å². The van der Waals surface area contributed by atoms with Gasteiger partial charge in [-0.2, -0.15) is 0 Å². The lowest BCUT2D eigenvalue weighted by molar-refractivity contribution is 0.0241. The zero-order valence-electron chi connectivity index (χ0n) is 22.5. The number of fused-ring (bicyclic) bond motifs is 1. The summed E-state index contributed by atoms with van der Waals surface area (Å²) in [6.45, 7) is 6.49. The minimum atomic E-state index is -0.561. The van der Waals surface area contributed by atoms with Gasteiger partial charge in [0.1, 0.15) is 5.60 Å². The Kier molecular flexibility index (Phi) is 7.53. The highest BCUT2D eigenvalue weighted by atomic mass is 35.5. The Bertz CT molecular complexity index is 1630. The van der Waals surface area contributed by atoms with Gasteiger partial charge in [-0.05, 0) is 56.2 Å². The summed E-state index contributed by atoms with van der Waals surface area (Å²) >= 11 is 13.9. The quantitative estimate of drug-likeness (QED) is 0.225. The molecule has 0 N–H and O–H groups in total. The average Bonchev–Trinajstić information content (AvgIpc) is 3.36. The molecule has 2 aromatic heterocycles. The third-order valence-electron chi connectivity index (χ3n) is 6.52. The van der Waals surface area contributed by atoms with Crippen molar-refractivity contribution in [2.45, 2.75) is 39.5 Å². The van der Waals surface area contributed by atoms with Gasteiger partial charge in [-0.3, -0.25) is 14.7 Å². The molecule has 4 aromatic rings. The Morgan fingerprint density at radius 3 is 2.40 bits per heavy atom. The van der Waals surface area contributed by atoms with Crippen molar-refractivity contribution in [1.29, 1.82) is 0 Å². The molecule has 1 aliphatic heterocycles. The second-order valence-corrected chi connectivity index (χ2v) is 11.2. The van der Waals surface area contributed by atoms with E-state index in [1.807, 2.05) is 63.2 Å². The molecule has 7 nitrogen and oxygen atoms in total. The molecule has 0 spiro atoms. The summed E-state index contributed by atoms with van der Waals surface area (Å²) < 4.78 is 10.8. The van der Waals surface area contributed by atoms with Gasteiger partial charge in [0, 0.05) is 41.5 Å². The fraction of sp³-hybridized carbons (Fsp3) is 0.226. The number of carbonyl (C=O) groups excluding carboxylic acids is 2. The number of hydrogen-bond donors (Lipinski definition) is 0. The van der Waals surface area contributed by atoms with Gasteiger partial charge in [-0.25, -0.2) is 9.78 Å². The highest BCUT2D eigenvalue weighted by molar-refractivity contribution is 6.39. The van der Waals surface area contributed by atoms with E-state index < -0.39 is 5.60 Å². The smallest absolute Gasteiger partial charge is 0.410 e. The van der Waals surface area contributed by atoms with Crippen LogP contribution in [0.15, 0.2) is 60.8 Å². The Balaban J connectivity index is 1.48.